The maximum absolute atomic E-state index is 12.6. The number of aromatic nitrogens is 2. The van der Waals surface area contributed by atoms with Crippen molar-refractivity contribution in [3.63, 3.8) is 0 Å². The van der Waals surface area contributed by atoms with E-state index in [1.54, 1.807) is 20.4 Å². The van der Waals surface area contributed by atoms with Crippen molar-refractivity contribution in [2.75, 3.05) is 27.3 Å². The van der Waals surface area contributed by atoms with Gasteiger partial charge < -0.3 is 18.8 Å². The summed E-state index contributed by atoms with van der Waals surface area (Å²) in [6.07, 6.45) is 5.87. The smallest absolute Gasteiger partial charge is 0.274 e. The predicted octanol–water partition coefficient (Wildman–Crippen LogP) is 3.25. The first-order valence-corrected chi connectivity index (χ1v) is 8.70. The highest BCUT2D eigenvalue weighted by molar-refractivity contribution is 5.93. The van der Waals surface area contributed by atoms with Crippen molar-refractivity contribution in [3.8, 4) is 22.6 Å². The van der Waals surface area contributed by atoms with E-state index in [9.17, 15) is 4.79 Å². The molecule has 3 heterocycles. The molecule has 1 aliphatic rings. The van der Waals surface area contributed by atoms with Gasteiger partial charge in [-0.05, 0) is 37.1 Å². The van der Waals surface area contributed by atoms with Gasteiger partial charge in [-0.25, -0.2) is 4.98 Å². The summed E-state index contributed by atoms with van der Waals surface area (Å²) in [7, 11) is 3.28. The minimum absolute atomic E-state index is 0.00243. The van der Waals surface area contributed by atoms with Crippen molar-refractivity contribution in [1.29, 1.82) is 0 Å². The molecule has 0 saturated carbocycles. The normalized spacial score (nSPS) is 14.0. The molecule has 0 spiro atoms. The van der Waals surface area contributed by atoms with Crippen molar-refractivity contribution in [1.82, 2.24) is 14.3 Å². The van der Waals surface area contributed by atoms with Crippen LogP contribution in [0.25, 0.3) is 16.8 Å². The van der Waals surface area contributed by atoms with E-state index in [0.717, 1.165) is 54.2 Å². The number of nitrogens with zero attached hydrogens (tertiary/aromatic N) is 3. The Morgan fingerprint density at radius 3 is 2.35 bits per heavy atom. The average molecular weight is 351 g/mol. The summed E-state index contributed by atoms with van der Waals surface area (Å²) in [4.78, 5) is 18.9. The molecular weight excluding hydrogens is 330 g/mol. The van der Waals surface area contributed by atoms with Crippen LogP contribution in [0.15, 0.2) is 42.7 Å². The number of likely N-dealkylation sites (tertiary alicyclic amines) is 1. The first kappa shape index (κ1) is 16.4. The Morgan fingerprint density at radius 1 is 1.00 bits per heavy atom. The van der Waals surface area contributed by atoms with Crippen molar-refractivity contribution in [2.24, 2.45) is 0 Å². The molecule has 2 aromatic heterocycles. The molecule has 6 nitrogen and oxygen atoms in total. The van der Waals surface area contributed by atoms with Crippen molar-refractivity contribution in [2.45, 2.75) is 12.8 Å². The Bertz CT molecular complexity index is 936. The zero-order valence-corrected chi connectivity index (χ0v) is 14.9. The lowest BCUT2D eigenvalue weighted by molar-refractivity contribution is 0.0787. The molecule has 0 unspecified atom stereocenters. The number of imidazole rings is 1. The molecule has 6 heteroatoms. The zero-order valence-electron chi connectivity index (χ0n) is 14.9. The Kier molecular flexibility index (Phi) is 4.24. The van der Waals surface area contributed by atoms with E-state index in [-0.39, 0.29) is 5.91 Å². The van der Waals surface area contributed by atoms with Gasteiger partial charge in [0.1, 0.15) is 22.8 Å². The Hall–Kier alpha value is -3.02. The molecule has 3 aromatic rings. The third-order valence-corrected chi connectivity index (χ3v) is 4.78. The van der Waals surface area contributed by atoms with Crippen LogP contribution in [0.4, 0.5) is 0 Å². The number of hydrogen-bond acceptors (Lipinski definition) is 4. The van der Waals surface area contributed by atoms with Gasteiger partial charge in [-0.2, -0.15) is 0 Å². The van der Waals surface area contributed by atoms with Crippen LogP contribution in [-0.2, 0) is 0 Å². The molecule has 0 aliphatic carbocycles. The first-order chi connectivity index (χ1) is 12.7. The van der Waals surface area contributed by atoms with E-state index in [1.807, 2.05) is 45.8 Å². The summed E-state index contributed by atoms with van der Waals surface area (Å²) in [5.74, 6) is 1.47. The van der Waals surface area contributed by atoms with Crippen LogP contribution in [0.5, 0.6) is 11.5 Å². The monoisotopic (exact) mass is 351 g/mol. The van der Waals surface area contributed by atoms with Gasteiger partial charge in [-0.1, -0.05) is 6.07 Å². The number of benzene rings is 1. The number of methoxy groups -OCH3 is 2. The molecule has 134 valence electrons. The maximum Gasteiger partial charge on any atom is 0.274 e. The largest absolute Gasteiger partial charge is 0.496 e. The van der Waals surface area contributed by atoms with Crippen LogP contribution in [-0.4, -0.2) is 47.5 Å². The van der Waals surface area contributed by atoms with Gasteiger partial charge in [0.05, 0.1) is 19.8 Å². The fourth-order valence-electron chi connectivity index (χ4n) is 3.46. The lowest BCUT2D eigenvalue weighted by atomic mass is 10.1. The topological polar surface area (TPSA) is 56.1 Å². The van der Waals surface area contributed by atoms with E-state index < -0.39 is 0 Å². The van der Waals surface area contributed by atoms with Crippen molar-refractivity contribution < 1.29 is 14.3 Å². The lowest BCUT2D eigenvalue weighted by Crippen LogP contribution is -2.27. The molecule has 26 heavy (non-hydrogen) atoms. The summed E-state index contributed by atoms with van der Waals surface area (Å²) in [5, 5.41) is 0. The minimum atomic E-state index is 0.00243. The molecule has 0 bridgehead atoms. The summed E-state index contributed by atoms with van der Waals surface area (Å²) in [5.41, 5.74) is 3.03. The predicted molar refractivity (Wildman–Crippen MR) is 98.9 cm³/mol. The number of carbonyl (C=O) groups is 1. The van der Waals surface area contributed by atoms with Gasteiger partial charge in [0, 0.05) is 31.0 Å². The maximum atomic E-state index is 12.6. The standard InChI is InChI=1S/C20H21N3O3/c1-25-16-6-5-7-17(26-2)19(16)14-8-9-18-21-15(13-23(18)12-14)20(24)22-10-3-4-11-22/h5-9,12-13H,3-4,10-11H2,1-2H3. The second-order valence-electron chi connectivity index (χ2n) is 6.35. The summed E-state index contributed by atoms with van der Waals surface area (Å²) >= 11 is 0. The third-order valence-electron chi connectivity index (χ3n) is 4.78. The molecule has 0 N–H and O–H groups in total. The number of rotatable bonds is 4. The number of fused-ring (bicyclic) bond motifs is 1. The van der Waals surface area contributed by atoms with Crippen LogP contribution in [0.1, 0.15) is 23.3 Å². The van der Waals surface area contributed by atoms with E-state index in [4.69, 9.17) is 9.47 Å². The highest BCUT2D eigenvalue weighted by Crippen LogP contribution is 2.38. The first-order valence-electron chi connectivity index (χ1n) is 8.70. The second kappa shape index (κ2) is 6.71. The number of carbonyl (C=O) groups excluding carboxylic acids is 1. The van der Waals surface area contributed by atoms with Crippen molar-refractivity contribution in [3.05, 3.63) is 48.4 Å². The molecule has 1 fully saturated rings. The Labute approximate surface area is 152 Å². The zero-order chi connectivity index (χ0) is 18.1. The molecule has 0 atom stereocenters. The average Bonchev–Trinajstić information content (AvgIpc) is 3.35. The van der Waals surface area contributed by atoms with Crippen LogP contribution < -0.4 is 9.47 Å². The van der Waals surface area contributed by atoms with Crippen LogP contribution in [0, 0.1) is 0 Å². The second-order valence-corrected chi connectivity index (χ2v) is 6.35. The van der Waals surface area contributed by atoms with Crippen LogP contribution in [0.3, 0.4) is 0 Å². The highest BCUT2D eigenvalue weighted by Gasteiger charge is 2.22. The molecule has 4 rings (SSSR count). The van der Waals surface area contributed by atoms with Gasteiger partial charge in [-0.3, -0.25) is 4.79 Å². The SMILES string of the molecule is COc1cccc(OC)c1-c1ccc2nc(C(=O)N3CCCC3)cn2c1. The van der Waals surface area contributed by atoms with E-state index >= 15 is 0 Å². The minimum Gasteiger partial charge on any atom is -0.496 e. The van der Waals surface area contributed by atoms with Gasteiger partial charge in [0.25, 0.3) is 5.91 Å². The Balaban J connectivity index is 1.76. The highest BCUT2D eigenvalue weighted by atomic mass is 16.5. The summed E-state index contributed by atoms with van der Waals surface area (Å²) in [6.45, 7) is 1.63. The Morgan fingerprint density at radius 2 is 1.69 bits per heavy atom. The number of amides is 1. The number of ether oxygens (including phenoxy) is 2. The summed E-state index contributed by atoms with van der Waals surface area (Å²) < 4.78 is 12.9. The summed E-state index contributed by atoms with van der Waals surface area (Å²) in [6, 6.07) is 9.56. The molecule has 1 aromatic carbocycles. The van der Waals surface area contributed by atoms with Gasteiger partial charge in [-0.15, -0.1) is 0 Å². The number of hydrogen-bond donors (Lipinski definition) is 0. The third kappa shape index (κ3) is 2.77. The molecule has 1 amide bonds. The van der Waals surface area contributed by atoms with Crippen LogP contribution >= 0.6 is 0 Å². The van der Waals surface area contributed by atoms with E-state index in [1.165, 1.54) is 0 Å². The quantitative estimate of drug-likeness (QED) is 0.724. The molecule has 0 radical (unpaired) electrons. The van der Waals surface area contributed by atoms with E-state index in [0.29, 0.717) is 5.69 Å². The molecule has 1 aliphatic heterocycles. The number of pyridine rings is 1. The fraction of sp³-hybridized carbons (Fsp3) is 0.300. The van der Waals surface area contributed by atoms with Gasteiger partial charge in [0.2, 0.25) is 0 Å². The fourth-order valence-corrected chi connectivity index (χ4v) is 3.46. The molecular formula is C20H21N3O3. The van der Waals surface area contributed by atoms with Crippen molar-refractivity contribution >= 4 is 11.6 Å². The van der Waals surface area contributed by atoms with E-state index in [2.05, 4.69) is 4.98 Å². The van der Waals surface area contributed by atoms with Crippen LogP contribution in [0.2, 0.25) is 0 Å². The van der Waals surface area contributed by atoms with Gasteiger partial charge >= 0.3 is 0 Å². The van der Waals surface area contributed by atoms with Gasteiger partial charge in [0.15, 0.2) is 0 Å². The molecule has 1 saturated heterocycles. The lowest BCUT2D eigenvalue weighted by Gasteiger charge is -2.13.